The summed E-state index contributed by atoms with van der Waals surface area (Å²) in [4.78, 5) is 0. The van der Waals surface area contributed by atoms with Crippen molar-refractivity contribution >= 4 is 15.9 Å². The first-order valence-electron chi connectivity index (χ1n) is 3.56. The van der Waals surface area contributed by atoms with Crippen molar-refractivity contribution in [3.63, 3.8) is 0 Å². The van der Waals surface area contributed by atoms with Crippen LogP contribution in [0.3, 0.4) is 0 Å². The molecule has 1 aromatic rings. The van der Waals surface area contributed by atoms with Crippen molar-refractivity contribution in [2.75, 3.05) is 6.61 Å². The molecular formula is C8H7BrFNO. The highest BCUT2D eigenvalue weighted by molar-refractivity contribution is 9.10. The van der Waals surface area contributed by atoms with Crippen LogP contribution in [0.5, 0.6) is 5.75 Å². The van der Waals surface area contributed by atoms with Crippen molar-refractivity contribution in [1.82, 2.24) is 0 Å². The van der Waals surface area contributed by atoms with Gasteiger partial charge in [0.05, 0.1) is 10.5 Å². The largest absolute Gasteiger partial charge is 0.491 e. The second-order valence-corrected chi connectivity index (χ2v) is 3.58. The van der Waals surface area contributed by atoms with Crippen LogP contribution >= 0.6 is 15.9 Å². The lowest BCUT2D eigenvalue weighted by molar-refractivity contribution is 0.332. The third kappa shape index (κ3) is 1.11. The smallest absolute Gasteiger partial charge is 0.141 e. The molecule has 12 heavy (non-hydrogen) atoms. The van der Waals surface area contributed by atoms with Gasteiger partial charge >= 0.3 is 0 Å². The van der Waals surface area contributed by atoms with E-state index >= 15 is 0 Å². The molecule has 0 radical (unpaired) electrons. The van der Waals surface area contributed by atoms with Crippen molar-refractivity contribution in [2.45, 2.75) is 6.04 Å². The number of rotatable bonds is 0. The van der Waals surface area contributed by atoms with Crippen LogP contribution in [0.2, 0.25) is 0 Å². The normalized spacial score (nSPS) is 20.4. The summed E-state index contributed by atoms with van der Waals surface area (Å²) < 4.78 is 18.5. The first-order valence-corrected chi connectivity index (χ1v) is 4.35. The Bertz CT molecular complexity index is 329. The monoisotopic (exact) mass is 231 g/mol. The topological polar surface area (TPSA) is 35.2 Å². The minimum Gasteiger partial charge on any atom is -0.491 e. The van der Waals surface area contributed by atoms with Gasteiger partial charge in [-0.05, 0) is 22.0 Å². The third-order valence-electron chi connectivity index (χ3n) is 1.87. The van der Waals surface area contributed by atoms with E-state index in [0.29, 0.717) is 16.8 Å². The first kappa shape index (κ1) is 8.01. The molecule has 1 aliphatic heterocycles. The minimum atomic E-state index is -0.317. The molecule has 1 atom stereocenters. The number of halogens is 2. The molecule has 1 aromatic carbocycles. The number of hydrogen-bond donors (Lipinski definition) is 1. The molecule has 0 aromatic heterocycles. The molecule has 2 rings (SSSR count). The lowest BCUT2D eigenvalue weighted by Gasteiger charge is -2.01. The standard InChI is InChI=1S/C8H7BrFNO/c9-5-1-4-7(11)3-12-8(4)2-6(5)10/h1-2,7H,3,11H2. The zero-order valence-corrected chi connectivity index (χ0v) is 7.77. The van der Waals surface area contributed by atoms with E-state index in [1.807, 2.05) is 0 Å². The average Bonchev–Trinajstić information content (AvgIpc) is 2.35. The third-order valence-corrected chi connectivity index (χ3v) is 2.48. The molecule has 1 aliphatic rings. The van der Waals surface area contributed by atoms with Gasteiger partial charge in [0.25, 0.3) is 0 Å². The van der Waals surface area contributed by atoms with Gasteiger partial charge in [0, 0.05) is 11.6 Å². The highest BCUT2D eigenvalue weighted by atomic mass is 79.9. The van der Waals surface area contributed by atoms with Crippen LogP contribution in [0.25, 0.3) is 0 Å². The fraction of sp³-hybridized carbons (Fsp3) is 0.250. The maximum atomic E-state index is 12.9. The van der Waals surface area contributed by atoms with E-state index in [9.17, 15) is 4.39 Å². The molecule has 1 heterocycles. The van der Waals surface area contributed by atoms with Gasteiger partial charge in [-0.3, -0.25) is 0 Å². The molecule has 0 saturated heterocycles. The van der Waals surface area contributed by atoms with E-state index in [4.69, 9.17) is 10.5 Å². The molecule has 2 nitrogen and oxygen atoms in total. The summed E-state index contributed by atoms with van der Waals surface area (Å²) in [6.07, 6.45) is 0. The molecule has 1 unspecified atom stereocenters. The lowest BCUT2D eigenvalue weighted by Crippen LogP contribution is -2.10. The summed E-state index contributed by atoms with van der Waals surface area (Å²) in [5, 5.41) is 0. The number of hydrogen-bond acceptors (Lipinski definition) is 2. The Morgan fingerprint density at radius 3 is 3.08 bits per heavy atom. The van der Waals surface area contributed by atoms with Crippen LogP contribution in [0.1, 0.15) is 11.6 Å². The van der Waals surface area contributed by atoms with Crippen molar-refractivity contribution < 1.29 is 9.13 Å². The van der Waals surface area contributed by atoms with Gasteiger partial charge in [-0.2, -0.15) is 0 Å². The summed E-state index contributed by atoms with van der Waals surface area (Å²) in [6.45, 7) is 0.436. The van der Waals surface area contributed by atoms with E-state index in [1.165, 1.54) is 6.07 Å². The Kier molecular flexibility index (Phi) is 1.81. The first-order chi connectivity index (χ1) is 5.68. The lowest BCUT2D eigenvalue weighted by atomic mass is 10.1. The van der Waals surface area contributed by atoms with Crippen molar-refractivity contribution in [2.24, 2.45) is 5.73 Å². The maximum Gasteiger partial charge on any atom is 0.141 e. The summed E-state index contributed by atoms with van der Waals surface area (Å²) in [5.74, 6) is 0.242. The fourth-order valence-electron chi connectivity index (χ4n) is 1.23. The zero-order valence-electron chi connectivity index (χ0n) is 6.18. The quantitative estimate of drug-likeness (QED) is 0.742. The van der Waals surface area contributed by atoms with Crippen molar-refractivity contribution in [3.8, 4) is 5.75 Å². The average molecular weight is 232 g/mol. The number of benzene rings is 1. The SMILES string of the molecule is NC1COc2cc(F)c(Br)cc21. The van der Waals surface area contributed by atoms with Crippen LogP contribution in [0, 0.1) is 5.82 Å². The van der Waals surface area contributed by atoms with Gasteiger partial charge < -0.3 is 10.5 Å². The predicted octanol–water partition coefficient (Wildman–Crippen LogP) is 1.98. The molecule has 64 valence electrons. The van der Waals surface area contributed by atoms with Gasteiger partial charge in [-0.25, -0.2) is 4.39 Å². The molecule has 0 aliphatic carbocycles. The van der Waals surface area contributed by atoms with Crippen LogP contribution in [0.4, 0.5) is 4.39 Å². The summed E-state index contributed by atoms with van der Waals surface area (Å²) in [7, 11) is 0. The number of fused-ring (bicyclic) bond motifs is 1. The molecule has 0 bridgehead atoms. The Morgan fingerprint density at radius 1 is 1.58 bits per heavy atom. The molecule has 0 saturated carbocycles. The Labute approximate surface area is 77.6 Å². The summed E-state index contributed by atoms with van der Waals surface area (Å²) in [5.41, 5.74) is 6.56. The minimum absolute atomic E-state index is 0.128. The predicted molar refractivity (Wildman–Crippen MR) is 46.5 cm³/mol. The molecule has 0 amide bonds. The van der Waals surface area contributed by atoms with Gasteiger partial charge in [0.2, 0.25) is 0 Å². The molecule has 0 spiro atoms. The Balaban J connectivity index is 2.56. The Morgan fingerprint density at radius 2 is 2.33 bits per heavy atom. The van der Waals surface area contributed by atoms with E-state index in [-0.39, 0.29) is 11.9 Å². The molecule has 0 fully saturated rings. The van der Waals surface area contributed by atoms with Crippen LogP contribution in [0.15, 0.2) is 16.6 Å². The second-order valence-electron chi connectivity index (χ2n) is 2.72. The van der Waals surface area contributed by atoms with E-state index in [1.54, 1.807) is 6.07 Å². The number of nitrogens with two attached hydrogens (primary N) is 1. The van der Waals surface area contributed by atoms with Gasteiger partial charge in [-0.15, -0.1) is 0 Å². The van der Waals surface area contributed by atoms with Crippen LogP contribution in [-0.2, 0) is 0 Å². The fourth-order valence-corrected chi connectivity index (χ4v) is 1.59. The highest BCUT2D eigenvalue weighted by Crippen LogP contribution is 2.34. The number of ether oxygens (including phenoxy) is 1. The van der Waals surface area contributed by atoms with Crippen LogP contribution in [-0.4, -0.2) is 6.61 Å². The Hall–Kier alpha value is -0.610. The summed E-state index contributed by atoms with van der Waals surface area (Å²) in [6, 6.07) is 2.89. The highest BCUT2D eigenvalue weighted by Gasteiger charge is 2.22. The summed E-state index contributed by atoms with van der Waals surface area (Å²) >= 11 is 3.09. The van der Waals surface area contributed by atoms with Gasteiger partial charge in [0.1, 0.15) is 18.2 Å². The molecular weight excluding hydrogens is 225 g/mol. The van der Waals surface area contributed by atoms with E-state index in [0.717, 1.165) is 5.56 Å². The molecule has 2 N–H and O–H groups in total. The van der Waals surface area contributed by atoms with E-state index in [2.05, 4.69) is 15.9 Å². The van der Waals surface area contributed by atoms with Crippen molar-refractivity contribution in [3.05, 3.63) is 28.0 Å². The van der Waals surface area contributed by atoms with Gasteiger partial charge in [0.15, 0.2) is 0 Å². The maximum absolute atomic E-state index is 12.9. The van der Waals surface area contributed by atoms with Crippen molar-refractivity contribution in [1.29, 1.82) is 0 Å². The van der Waals surface area contributed by atoms with Crippen LogP contribution < -0.4 is 10.5 Å². The second kappa shape index (κ2) is 2.71. The van der Waals surface area contributed by atoms with Gasteiger partial charge in [-0.1, -0.05) is 0 Å². The molecule has 4 heteroatoms. The zero-order chi connectivity index (χ0) is 8.72. The van der Waals surface area contributed by atoms with E-state index < -0.39 is 0 Å².